The van der Waals surface area contributed by atoms with Crippen molar-refractivity contribution in [2.75, 3.05) is 13.7 Å². The Labute approximate surface area is 192 Å². The summed E-state index contributed by atoms with van der Waals surface area (Å²) in [7, 11) is 1.36. The monoisotopic (exact) mass is 445 g/mol. The van der Waals surface area contributed by atoms with Crippen LogP contribution >= 0.6 is 0 Å². The number of esters is 1. The molecule has 0 radical (unpaired) electrons. The lowest BCUT2D eigenvalue weighted by atomic mass is 9.86. The Bertz CT molecular complexity index is 758. The summed E-state index contributed by atoms with van der Waals surface area (Å²) < 4.78 is 10.8. The van der Waals surface area contributed by atoms with Crippen LogP contribution in [0.1, 0.15) is 65.4 Å². The van der Waals surface area contributed by atoms with E-state index in [-0.39, 0.29) is 41.8 Å². The van der Waals surface area contributed by atoms with Gasteiger partial charge in [0.15, 0.2) is 5.78 Å². The van der Waals surface area contributed by atoms with Crippen LogP contribution in [-0.2, 0) is 25.5 Å². The number of methoxy groups -OCH3 is 1. The fourth-order valence-corrected chi connectivity index (χ4v) is 4.26. The van der Waals surface area contributed by atoms with Crippen molar-refractivity contribution in [2.45, 2.75) is 72.3 Å². The van der Waals surface area contributed by atoms with Gasteiger partial charge < -0.3 is 14.8 Å². The second-order valence-corrected chi connectivity index (χ2v) is 9.66. The third kappa shape index (κ3) is 8.29. The Morgan fingerprint density at radius 2 is 1.84 bits per heavy atom. The molecule has 0 saturated carbocycles. The molecule has 6 nitrogen and oxygen atoms in total. The van der Waals surface area contributed by atoms with E-state index in [2.05, 4.69) is 12.2 Å². The molecular formula is C26H39NO5. The van der Waals surface area contributed by atoms with Gasteiger partial charge in [-0.25, -0.2) is 0 Å². The molecule has 2 aliphatic rings. The first kappa shape index (κ1) is 25.9. The average molecular weight is 446 g/mol. The van der Waals surface area contributed by atoms with Gasteiger partial charge in [-0.05, 0) is 61.6 Å². The molecule has 6 heteroatoms. The largest absolute Gasteiger partial charge is 0.494 e. The van der Waals surface area contributed by atoms with Crippen LogP contribution in [0.3, 0.4) is 0 Å². The number of ether oxygens (including phenoxy) is 2. The van der Waals surface area contributed by atoms with E-state index in [9.17, 15) is 14.4 Å². The van der Waals surface area contributed by atoms with E-state index < -0.39 is 12.0 Å². The molecule has 2 bridgehead atoms. The lowest BCUT2D eigenvalue weighted by Gasteiger charge is -2.25. The van der Waals surface area contributed by atoms with E-state index >= 15 is 0 Å². The van der Waals surface area contributed by atoms with Gasteiger partial charge in [-0.2, -0.15) is 0 Å². The molecule has 178 valence electrons. The predicted octanol–water partition coefficient (Wildman–Crippen LogP) is 4.34. The lowest BCUT2D eigenvalue weighted by Crippen LogP contribution is -2.45. The van der Waals surface area contributed by atoms with E-state index in [1.165, 1.54) is 7.11 Å². The van der Waals surface area contributed by atoms with Crippen molar-refractivity contribution in [3.63, 3.8) is 0 Å². The summed E-state index contributed by atoms with van der Waals surface area (Å²) >= 11 is 0. The van der Waals surface area contributed by atoms with Gasteiger partial charge in [-0.1, -0.05) is 39.8 Å². The summed E-state index contributed by atoms with van der Waals surface area (Å²) in [6, 6.07) is 7.25. The third-order valence-corrected chi connectivity index (χ3v) is 6.10. The molecule has 2 aliphatic heterocycles. The zero-order valence-corrected chi connectivity index (χ0v) is 20.2. The molecule has 0 aromatic heterocycles. The molecule has 0 spiro atoms. The highest BCUT2D eigenvalue weighted by Crippen LogP contribution is 2.24. The topological polar surface area (TPSA) is 81.7 Å². The minimum absolute atomic E-state index is 0.0837. The number of carbonyl (C=O) groups excluding carboxylic acids is 3. The van der Waals surface area contributed by atoms with Gasteiger partial charge in [0.2, 0.25) is 5.91 Å². The highest BCUT2D eigenvalue weighted by molar-refractivity contribution is 5.92. The molecule has 1 N–H and O–H groups in total. The number of Topliss-reactive ketones (excluding diaryl/α,β-unsaturated/α-hetero) is 1. The minimum atomic E-state index is -0.595. The summed E-state index contributed by atoms with van der Waals surface area (Å²) in [5.74, 6) is -0.0925. The summed E-state index contributed by atoms with van der Waals surface area (Å²) in [5, 5.41) is 2.97. The molecule has 1 unspecified atom stereocenters. The van der Waals surface area contributed by atoms with Gasteiger partial charge in [0, 0.05) is 12.3 Å². The fourth-order valence-electron chi connectivity index (χ4n) is 4.26. The molecule has 32 heavy (non-hydrogen) atoms. The van der Waals surface area contributed by atoms with E-state index in [0.29, 0.717) is 25.9 Å². The number of amides is 1. The smallest absolute Gasteiger partial charge is 0.309 e. The number of hydrogen-bond acceptors (Lipinski definition) is 5. The van der Waals surface area contributed by atoms with Crippen molar-refractivity contribution < 1.29 is 23.9 Å². The quantitative estimate of drug-likeness (QED) is 0.700. The first-order valence-electron chi connectivity index (χ1n) is 11.8. The van der Waals surface area contributed by atoms with Gasteiger partial charge in [-0.3, -0.25) is 14.4 Å². The van der Waals surface area contributed by atoms with Crippen molar-refractivity contribution >= 4 is 17.7 Å². The number of ketones is 1. The average Bonchev–Trinajstić information content (AvgIpc) is 2.75. The van der Waals surface area contributed by atoms with Crippen molar-refractivity contribution in [2.24, 2.45) is 23.7 Å². The van der Waals surface area contributed by atoms with E-state index in [1.54, 1.807) is 0 Å². The van der Waals surface area contributed by atoms with Crippen molar-refractivity contribution in [1.29, 1.82) is 0 Å². The third-order valence-electron chi connectivity index (χ3n) is 6.10. The van der Waals surface area contributed by atoms with E-state index in [1.807, 2.05) is 45.0 Å². The van der Waals surface area contributed by atoms with E-state index in [0.717, 1.165) is 24.2 Å². The van der Waals surface area contributed by atoms with Gasteiger partial charge in [0.1, 0.15) is 5.75 Å². The number of fused-ring (bicyclic) bond motifs is 15. The maximum Gasteiger partial charge on any atom is 0.309 e. The minimum Gasteiger partial charge on any atom is -0.494 e. The fraction of sp³-hybridized carbons (Fsp3) is 0.654. The molecule has 0 saturated heterocycles. The Balaban J connectivity index is 2.26. The molecule has 1 aromatic carbocycles. The number of rotatable bonds is 3. The SMILES string of the molecule is COC(=O)[C@H]1CC(=O)[C@H](CC(C)C)NC(=O)[C@@H](C)Cc2ccc(cc2)OCCCC(C)C1. The van der Waals surface area contributed by atoms with Crippen molar-refractivity contribution in [3.8, 4) is 5.75 Å². The number of hydrogen-bond donors (Lipinski definition) is 1. The van der Waals surface area contributed by atoms with Gasteiger partial charge >= 0.3 is 5.97 Å². The second-order valence-electron chi connectivity index (χ2n) is 9.66. The molecule has 0 fully saturated rings. The Hall–Kier alpha value is -2.37. The summed E-state index contributed by atoms with van der Waals surface area (Å²) in [6.07, 6.45) is 3.55. The number of benzene rings is 1. The summed E-state index contributed by atoms with van der Waals surface area (Å²) in [5.41, 5.74) is 1.05. The number of nitrogens with one attached hydrogen (secondary N) is 1. The van der Waals surface area contributed by atoms with E-state index in [4.69, 9.17) is 9.47 Å². The lowest BCUT2D eigenvalue weighted by molar-refractivity contribution is -0.148. The number of carbonyl (C=O) groups is 3. The standard InChI is InChI=1S/C26H39NO5/c1-17(2)13-23-24(28)16-21(26(30)31-5)14-18(3)7-6-12-32-22-10-8-20(9-11-22)15-19(4)25(29)27-23/h8-11,17-19,21,23H,6-7,12-16H2,1-5H3,(H,27,29)/t18?,19-,21+,23-/m0/s1. The van der Waals surface area contributed by atoms with Crippen LogP contribution in [0.25, 0.3) is 0 Å². The normalized spacial score (nSPS) is 26.1. The molecule has 1 amide bonds. The zero-order chi connectivity index (χ0) is 23.7. The highest BCUT2D eigenvalue weighted by Gasteiger charge is 2.30. The van der Waals surface area contributed by atoms with Gasteiger partial charge in [-0.15, -0.1) is 0 Å². The molecular weight excluding hydrogens is 406 g/mol. The highest BCUT2D eigenvalue weighted by atomic mass is 16.5. The molecule has 3 rings (SSSR count). The Morgan fingerprint density at radius 3 is 2.47 bits per heavy atom. The van der Waals surface area contributed by atoms with Crippen LogP contribution in [-0.4, -0.2) is 37.4 Å². The second kappa shape index (κ2) is 12.6. The molecule has 1 aromatic rings. The maximum absolute atomic E-state index is 13.2. The van der Waals surface area contributed by atoms with Crippen molar-refractivity contribution in [1.82, 2.24) is 5.32 Å². The molecule has 0 aliphatic carbocycles. The zero-order valence-electron chi connectivity index (χ0n) is 20.2. The summed E-state index contributed by atoms with van der Waals surface area (Å²) in [4.78, 5) is 38.5. The molecule has 4 atom stereocenters. The van der Waals surface area contributed by atoms with Crippen LogP contribution in [0.15, 0.2) is 24.3 Å². The Morgan fingerprint density at radius 1 is 1.16 bits per heavy atom. The Kier molecular flexibility index (Phi) is 10.2. The molecule has 2 heterocycles. The summed E-state index contributed by atoms with van der Waals surface area (Å²) in [6.45, 7) is 8.60. The van der Waals surface area contributed by atoms with Crippen LogP contribution in [0.4, 0.5) is 0 Å². The predicted molar refractivity (Wildman–Crippen MR) is 124 cm³/mol. The van der Waals surface area contributed by atoms with Crippen LogP contribution < -0.4 is 10.1 Å². The van der Waals surface area contributed by atoms with Crippen LogP contribution in [0, 0.1) is 23.7 Å². The van der Waals surface area contributed by atoms with Gasteiger partial charge in [0.05, 0.1) is 25.7 Å². The first-order valence-corrected chi connectivity index (χ1v) is 11.8. The van der Waals surface area contributed by atoms with Crippen LogP contribution in [0.2, 0.25) is 0 Å². The maximum atomic E-state index is 13.2. The first-order chi connectivity index (χ1) is 15.2. The van der Waals surface area contributed by atoms with Gasteiger partial charge in [0.25, 0.3) is 0 Å². The van der Waals surface area contributed by atoms with Crippen LogP contribution in [0.5, 0.6) is 5.75 Å². The van der Waals surface area contributed by atoms with Crippen molar-refractivity contribution in [3.05, 3.63) is 29.8 Å².